The Hall–Kier alpha value is -1.75. The Balaban J connectivity index is 1.69. The summed E-state index contributed by atoms with van der Waals surface area (Å²) in [7, 11) is 3.58. The first-order valence-electron chi connectivity index (χ1n) is 9.21. The van der Waals surface area contributed by atoms with Gasteiger partial charge in [0.15, 0.2) is 5.96 Å². The highest BCUT2D eigenvalue weighted by atomic mass is 16.5. The van der Waals surface area contributed by atoms with Gasteiger partial charge in [-0.2, -0.15) is 0 Å². The van der Waals surface area contributed by atoms with E-state index in [1.165, 1.54) is 30.4 Å². The maximum Gasteiger partial charge on any atom is 0.191 e. The molecule has 1 fully saturated rings. The summed E-state index contributed by atoms with van der Waals surface area (Å²) in [6.45, 7) is 7.29. The van der Waals surface area contributed by atoms with Crippen molar-refractivity contribution in [3.63, 3.8) is 0 Å². The van der Waals surface area contributed by atoms with Gasteiger partial charge in [-0.1, -0.05) is 12.5 Å². The third kappa shape index (κ3) is 6.24. The number of hydrogen-bond donors (Lipinski definition) is 2. The van der Waals surface area contributed by atoms with Crippen LogP contribution in [-0.4, -0.2) is 46.4 Å². The summed E-state index contributed by atoms with van der Waals surface area (Å²) in [6.07, 6.45) is 4.98. The number of hydrogen-bond acceptors (Lipinski definition) is 3. The number of nitrogens with one attached hydrogen (secondary N) is 2. The van der Waals surface area contributed by atoms with Crippen LogP contribution in [0.2, 0.25) is 0 Å². The number of nitrogens with zero attached hydrogens (tertiary/aromatic N) is 1. The molecule has 0 atom stereocenters. The first-order valence-corrected chi connectivity index (χ1v) is 9.21. The van der Waals surface area contributed by atoms with Crippen LogP contribution in [0, 0.1) is 19.3 Å². The Morgan fingerprint density at radius 2 is 1.84 bits per heavy atom. The molecule has 2 N–H and O–H groups in total. The van der Waals surface area contributed by atoms with Crippen molar-refractivity contribution >= 4 is 5.96 Å². The fourth-order valence-corrected chi connectivity index (χ4v) is 3.36. The highest BCUT2D eigenvalue weighted by Crippen LogP contribution is 2.43. The van der Waals surface area contributed by atoms with E-state index in [0.29, 0.717) is 12.0 Å². The fourth-order valence-electron chi connectivity index (χ4n) is 3.36. The van der Waals surface area contributed by atoms with Crippen molar-refractivity contribution in [2.24, 2.45) is 10.4 Å². The molecule has 25 heavy (non-hydrogen) atoms. The Labute approximate surface area is 152 Å². The first kappa shape index (κ1) is 19.6. The quantitative estimate of drug-likeness (QED) is 0.409. The maximum absolute atomic E-state index is 5.83. The van der Waals surface area contributed by atoms with Crippen LogP contribution in [0.1, 0.15) is 36.8 Å². The third-order valence-electron chi connectivity index (χ3n) is 4.96. The van der Waals surface area contributed by atoms with Crippen LogP contribution in [0.3, 0.4) is 0 Å². The number of aryl methyl sites for hydroxylation is 2. The number of aliphatic imine (C=N–C) groups is 1. The molecule has 0 unspecified atom stereocenters. The van der Waals surface area contributed by atoms with Crippen LogP contribution in [0.15, 0.2) is 23.2 Å². The van der Waals surface area contributed by atoms with Gasteiger partial charge in [-0.15, -0.1) is 0 Å². The number of rotatable bonds is 9. The lowest BCUT2D eigenvalue weighted by atomic mass is 9.67. The summed E-state index contributed by atoms with van der Waals surface area (Å²) < 4.78 is 11.1. The molecule has 1 saturated carbocycles. The molecule has 5 heteroatoms. The molecule has 5 nitrogen and oxygen atoms in total. The molecule has 1 aromatic carbocycles. The van der Waals surface area contributed by atoms with E-state index in [1.807, 2.05) is 7.05 Å². The van der Waals surface area contributed by atoms with Gasteiger partial charge in [0.05, 0.1) is 6.54 Å². The molecule has 140 valence electrons. The Bertz CT molecular complexity index is 548. The zero-order chi connectivity index (χ0) is 18.1. The zero-order valence-corrected chi connectivity index (χ0v) is 16.2. The normalized spacial score (nSPS) is 16.2. The second kappa shape index (κ2) is 9.66. The minimum absolute atomic E-state index is 0.378. The van der Waals surface area contributed by atoms with Gasteiger partial charge >= 0.3 is 0 Å². The molecule has 0 aliphatic heterocycles. The average molecular weight is 348 g/mol. The second-order valence-electron chi connectivity index (χ2n) is 7.12. The molecule has 0 aromatic heterocycles. The van der Waals surface area contributed by atoms with E-state index < -0.39 is 0 Å². The molecule has 0 amide bonds. The van der Waals surface area contributed by atoms with Gasteiger partial charge in [0.2, 0.25) is 0 Å². The summed E-state index contributed by atoms with van der Waals surface area (Å²) in [5.41, 5.74) is 2.83. The smallest absolute Gasteiger partial charge is 0.191 e. The summed E-state index contributed by atoms with van der Waals surface area (Å²) in [6, 6.07) is 6.28. The molecule has 0 heterocycles. The predicted molar refractivity (Wildman–Crippen MR) is 104 cm³/mol. The van der Waals surface area contributed by atoms with E-state index in [2.05, 4.69) is 47.7 Å². The fraction of sp³-hybridized carbons (Fsp3) is 0.650. The molecule has 1 aliphatic carbocycles. The summed E-state index contributed by atoms with van der Waals surface area (Å²) in [5.74, 6) is 1.77. The molecule has 1 aromatic rings. The van der Waals surface area contributed by atoms with Gasteiger partial charge < -0.3 is 20.1 Å². The highest BCUT2D eigenvalue weighted by molar-refractivity contribution is 5.79. The number of guanidine groups is 1. The zero-order valence-electron chi connectivity index (χ0n) is 16.2. The monoisotopic (exact) mass is 347 g/mol. The van der Waals surface area contributed by atoms with Crippen LogP contribution in [0.4, 0.5) is 0 Å². The van der Waals surface area contributed by atoms with Crippen LogP contribution < -0.4 is 15.4 Å². The van der Waals surface area contributed by atoms with E-state index in [1.54, 1.807) is 7.11 Å². The summed E-state index contributed by atoms with van der Waals surface area (Å²) >= 11 is 0. The Kier molecular flexibility index (Phi) is 7.56. The van der Waals surface area contributed by atoms with Crippen molar-refractivity contribution in [3.05, 3.63) is 29.3 Å². The van der Waals surface area contributed by atoms with Crippen molar-refractivity contribution in [1.29, 1.82) is 0 Å². The number of methoxy groups -OCH3 is 1. The van der Waals surface area contributed by atoms with Crippen molar-refractivity contribution in [1.82, 2.24) is 10.6 Å². The minimum Gasteiger partial charge on any atom is -0.492 e. The van der Waals surface area contributed by atoms with Crippen molar-refractivity contribution in [2.45, 2.75) is 39.5 Å². The van der Waals surface area contributed by atoms with E-state index >= 15 is 0 Å². The van der Waals surface area contributed by atoms with E-state index in [9.17, 15) is 0 Å². The lowest BCUT2D eigenvalue weighted by Crippen LogP contribution is -2.47. The maximum atomic E-state index is 5.83. The lowest BCUT2D eigenvalue weighted by molar-refractivity contribution is 0.0732. The van der Waals surface area contributed by atoms with Crippen molar-refractivity contribution in [3.8, 4) is 5.75 Å². The second-order valence-corrected chi connectivity index (χ2v) is 7.12. The average Bonchev–Trinajstić information content (AvgIpc) is 2.54. The molecule has 0 saturated heterocycles. The van der Waals surface area contributed by atoms with Crippen LogP contribution in [0.5, 0.6) is 5.75 Å². The van der Waals surface area contributed by atoms with Crippen molar-refractivity contribution < 1.29 is 9.47 Å². The summed E-state index contributed by atoms with van der Waals surface area (Å²) in [4.78, 5) is 4.31. The van der Waals surface area contributed by atoms with Gasteiger partial charge in [0, 0.05) is 27.3 Å². The molecule has 0 radical (unpaired) electrons. The molecular formula is C20H33N3O2. The number of ether oxygens (including phenoxy) is 2. The Morgan fingerprint density at radius 1 is 1.12 bits per heavy atom. The third-order valence-corrected chi connectivity index (χ3v) is 4.96. The Morgan fingerprint density at radius 3 is 2.40 bits per heavy atom. The molecular weight excluding hydrogens is 314 g/mol. The van der Waals surface area contributed by atoms with Crippen LogP contribution >= 0.6 is 0 Å². The van der Waals surface area contributed by atoms with Crippen LogP contribution in [-0.2, 0) is 4.74 Å². The van der Waals surface area contributed by atoms with Gasteiger partial charge in [-0.3, -0.25) is 4.99 Å². The van der Waals surface area contributed by atoms with E-state index in [4.69, 9.17) is 9.47 Å². The molecule has 2 rings (SSSR count). The predicted octanol–water partition coefficient (Wildman–Crippen LogP) is 3.05. The van der Waals surface area contributed by atoms with Gasteiger partial charge in [-0.25, -0.2) is 0 Å². The highest BCUT2D eigenvalue weighted by Gasteiger charge is 2.36. The first-order chi connectivity index (χ1) is 12.1. The van der Waals surface area contributed by atoms with E-state index in [0.717, 1.165) is 37.8 Å². The van der Waals surface area contributed by atoms with Gasteiger partial charge in [0.25, 0.3) is 0 Å². The van der Waals surface area contributed by atoms with Crippen molar-refractivity contribution in [2.75, 3.05) is 40.5 Å². The van der Waals surface area contributed by atoms with Gasteiger partial charge in [0.1, 0.15) is 12.4 Å². The molecule has 1 aliphatic rings. The topological polar surface area (TPSA) is 54.9 Å². The number of benzene rings is 1. The van der Waals surface area contributed by atoms with Gasteiger partial charge in [-0.05, 0) is 61.8 Å². The minimum atomic E-state index is 0.378. The molecule has 0 bridgehead atoms. The summed E-state index contributed by atoms with van der Waals surface area (Å²) in [5, 5.41) is 6.79. The van der Waals surface area contributed by atoms with Crippen LogP contribution in [0.25, 0.3) is 0 Å². The SMILES string of the molecule is CN=C(NCCOc1cc(C)cc(C)c1)NCC1(CCOC)CCC1. The van der Waals surface area contributed by atoms with E-state index in [-0.39, 0.29) is 0 Å². The standard InChI is InChI=1S/C20H33N3O2/c1-16-12-17(2)14-18(13-16)25-11-9-22-19(21-3)23-15-20(6-5-7-20)8-10-24-4/h12-14H,5-11,15H2,1-4H3,(H2,21,22,23). The lowest BCUT2D eigenvalue weighted by Gasteiger charge is -2.42. The molecule has 0 spiro atoms. The largest absolute Gasteiger partial charge is 0.492 e.